The van der Waals surface area contributed by atoms with Crippen molar-refractivity contribution in [2.75, 3.05) is 6.54 Å². The Balaban J connectivity index is 2.09. The molecule has 0 unspecified atom stereocenters. The summed E-state index contributed by atoms with van der Waals surface area (Å²) in [7, 11) is 0. The molecule has 0 heterocycles. The molecule has 1 aliphatic carbocycles. The minimum absolute atomic E-state index is 0.193. The molecular weight excluding hydrogens is 240 g/mol. The molecule has 112 valence electrons. The van der Waals surface area contributed by atoms with Gasteiger partial charge in [0.25, 0.3) is 0 Å². The van der Waals surface area contributed by atoms with E-state index in [-0.39, 0.29) is 12.1 Å². The molecule has 1 fully saturated rings. The largest absolute Gasteiger partial charge is 0.444 e. The summed E-state index contributed by atoms with van der Waals surface area (Å²) in [6.45, 7) is 6.19. The van der Waals surface area contributed by atoms with Crippen LogP contribution in [-0.4, -0.2) is 24.3 Å². The smallest absolute Gasteiger partial charge is 0.407 e. The van der Waals surface area contributed by atoms with Gasteiger partial charge in [0.05, 0.1) is 0 Å². The molecule has 0 aromatic heterocycles. The van der Waals surface area contributed by atoms with E-state index in [1.54, 1.807) is 0 Å². The highest BCUT2D eigenvalue weighted by Gasteiger charge is 2.18. The van der Waals surface area contributed by atoms with Crippen molar-refractivity contribution >= 4 is 6.09 Å². The number of ether oxygens (including phenoxy) is 1. The highest BCUT2D eigenvalue weighted by molar-refractivity contribution is 5.67. The molecule has 1 saturated carbocycles. The summed E-state index contributed by atoms with van der Waals surface area (Å²) >= 11 is 0. The van der Waals surface area contributed by atoms with E-state index in [0.717, 1.165) is 18.8 Å². The molecule has 0 radical (unpaired) electrons. The van der Waals surface area contributed by atoms with Gasteiger partial charge >= 0.3 is 6.09 Å². The molecule has 4 nitrogen and oxygen atoms in total. The zero-order valence-electron chi connectivity index (χ0n) is 12.7. The molecule has 1 aliphatic rings. The maximum absolute atomic E-state index is 11.5. The van der Waals surface area contributed by atoms with Crippen LogP contribution in [0.25, 0.3) is 0 Å². The minimum atomic E-state index is -0.436. The first-order valence-electron chi connectivity index (χ1n) is 7.59. The van der Waals surface area contributed by atoms with Gasteiger partial charge in [0.1, 0.15) is 5.60 Å². The third-order valence-electron chi connectivity index (χ3n) is 3.54. The molecule has 0 aliphatic heterocycles. The molecule has 3 N–H and O–H groups in total. The van der Waals surface area contributed by atoms with Crippen molar-refractivity contribution in [3.8, 4) is 0 Å². The summed E-state index contributed by atoms with van der Waals surface area (Å²) in [5.41, 5.74) is 5.69. The van der Waals surface area contributed by atoms with Crippen molar-refractivity contribution < 1.29 is 9.53 Å². The van der Waals surface area contributed by atoms with Crippen LogP contribution in [0.2, 0.25) is 0 Å². The molecule has 0 bridgehead atoms. The topological polar surface area (TPSA) is 64.3 Å². The van der Waals surface area contributed by atoms with Crippen LogP contribution in [0.3, 0.4) is 0 Å². The summed E-state index contributed by atoms with van der Waals surface area (Å²) in [5, 5.41) is 2.77. The molecule has 0 spiro atoms. The normalized spacial score (nSPS) is 18.9. The minimum Gasteiger partial charge on any atom is -0.444 e. The molecular formula is C15H30N2O2. The second-order valence-electron chi connectivity index (χ2n) is 6.72. The number of hydrogen-bond acceptors (Lipinski definition) is 3. The van der Waals surface area contributed by atoms with E-state index >= 15 is 0 Å². The predicted octanol–water partition coefficient (Wildman–Crippen LogP) is 3.20. The zero-order chi connectivity index (χ0) is 14.3. The van der Waals surface area contributed by atoms with Gasteiger partial charge in [-0.1, -0.05) is 32.1 Å². The lowest BCUT2D eigenvalue weighted by atomic mass is 9.84. The molecule has 0 aromatic carbocycles. The lowest BCUT2D eigenvalue weighted by molar-refractivity contribution is 0.0526. The van der Waals surface area contributed by atoms with E-state index < -0.39 is 5.60 Å². The second kappa shape index (κ2) is 7.73. The van der Waals surface area contributed by atoms with E-state index in [0.29, 0.717) is 6.54 Å². The Kier molecular flexibility index (Phi) is 6.63. The van der Waals surface area contributed by atoms with E-state index in [1.165, 1.54) is 32.1 Å². The van der Waals surface area contributed by atoms with E-state index in [4.69, 9.17) is 10.5 Å². The monoisotopic (exact) mass is 270 g/mol. The Morgan fingerprint density at radius 1 is 1.32 bits per heavy atom. The number of nitrogens with two attached hydrogens (primary N) is 1. The maximum Gasteiger partial charge on any atom is 0.407 e. The van der Waals surface area contributed by atoms with Crippen LogP contribution < -0.4 is 11.1 Å². The van der Waals surface area contributed by atoms with Crippen molar-refractivity contribution in [1.29, 1.82) is 0 Å². The molecule has 4 heteroatoms. The first kappa shape index (κ1) is 16.3. The average molecular weight is 270 g/mol. The predicted molar refractivity (Wildman–Crippen MR) is 78.0 cm³/mol. The zero-order valence-corrected chi connectivity index (χ0v) is 12.7. The highest BCUT2D eigenvalue weighted by Crippen LogP contribution is 2.27. The lowest BCUT2D eigenvalue weighted by Crippen LogP contribution is -2.35. The fraction of sp³-hybridized carbons (Fsp3) is 0.933. The van der Waals surface area contributed by atoms with Crippen LogP contribution >= 0.6 is 0 Å². The number of alkyl carbamates (subject to hydrolysis) is 1. The van der Waals surface area contributed by atoms with Gasteiger partial charge < -0.3 is 15.8 Å². The van der Waals surface area contributed by atoms with Gasteiger partial charge in [-0.25, -0.2) is 4.79 Å². The third-order valence-corrected chi connectivity index (χ3v) is 3.54. The highest BCUT2D eigenvalue weighted by atomic mass is 16.6. The molecule has 0 aromatic rings. The van der Waals surface area contributed by atoms with Gasteiger partial charge in [-0.05, 0) is 39.5 Å². The van der Waals surface area contributed by atoms with E-state index in [9.17, 15) is 4.79 Å². The number of carbonyl (C=O) groups is 1. The van der Waals surface area contributed by atoms with E-state index in [2.05, 4.69) is 5.32 Å². The van der Waals surface area contributed by atoms with Crippen molar-refractivity contribution in [1.82, 2.24) is 5.32 Å². The molecule has 19 heavy (non-hydrogen) atoms. The van der Waals surface area contributed by atoms with Gasteiger partial charge in [0, 0.05) is 12.6 Å². The maximum atomic E-state index is 11.5. The van der Waals surface area contributed by atoms with Crippen molar-refractivity contribution in [2.24, 2.45) is 11.7 Å². The summed E-state index contributed by atoms with van der Waals surface area (Å²) in [4.78, 5) is 11.5. The summed E-state index contributed by atoms with van der Waals surface area (Å²) < 4.78 is 5.18. The lowest BCUT2D eigenvalue weighted by Gasteiger charge is -2.24. The number of hydrogen-bond donors (Lipinski definition) is 2. The molecule has 1 rings (SSSR count). The number of rotatable bonds is 5. The quantitative estimate of drug-likeness (QED) is 0.806. The SMILES string of the molecule is CC(C)(C)OC(=O)NCC[C@@H](N)CC1CCCCC1. The fourth-order valence-electron chi connectivity index (χ4n) is 2.64. The second-order valence-corrected chi connectivity index (χ2v) is 6.72. The summed E-state index contributed by atoms with van der Waals surface area (Å²) in [6.07, 6.45) is 8.32. The van der Waals surface area contributed by atoms with Gasteiger partial charge in [-0.2, -0.15) is 0 Å². The Labute approximate surface area is 117 Å². The Morgan fingerprint density at radius 2 is 1.95 bits per heavy atom. The molecule has 1 amide bonds. The fourth-order valence-corrected chi connectivity index (χ4v) is 2.64. The van der Waals surface area contributed by atoms with Crippen LogP contribution in [0.15, 0.2) is 0 Å². The van der Waals surface area contributed by atoms with Crippen LogP contribution in [0.1, 0.15) is 65.7 Å². The van der Waals surface area contributed by atoms with Gasteiger partial charge in [-0.3, -0.25) is 0 Å². The van der Waals surface area contributed by atoms with Gasteiger partial charge in [0.15, 0.2) is 0 Å². The summed E-state index contributed by atoms with van der Waals surface area (Å²) in [6, 6.07) is 0.193. The third kappa shape index (κ3) is 8.09. The van der Waals surface area contributed by atoms with Crippen LogP contribution in [0, 0.1) is 5.92 Å². The van der Waals surface area contributed by atoms with Crippen LogP contribution in [0.4, 0.5) is 4.79 Å². The van der Waals surface area contributed by atoms with Crippen LogP contribution in [0.5, 0.6) is 0 Å². The average Bonchev–Trinajstić information content (AvgIpc) is 2.27. The standard InChI is InChI=1S/C15H30N2O2/c1-15(2,3)19-14(18)17-10-9-13(16)11-12-7-5-4-6-8-12/h12-13H,4-11,16H2,1-3H3,(H,17,18)/t13-/m1/s1. The Hall–Kier alpha value is -0.770. The molecule has 0 saturated heterocycles. The summed E-state index contributed by atoms with van der Waals surface area (Å²) in [5.74, 6) is 0.797. The number of carbonyl (C=O) groups excluding carboxylic acids is 1. The van der Waals surface area contributed by atoms with Gasteiger partial charge in [0.2, 0.25) is 0 Å². The Bertz CT molecular complexity index is 268. The number of nitrogens with one attached hydrogen (secondary N) is 1. The Morgan fingerprint density at radius 3 is 2.53 bits per heavy atom. The van der Waals surface area contributed by atoms with Crippen molar-refractivity contribution in [3.63, 3.8) is 0 Å². The first-order valence-corrected chi connectivity index (χ1v) is 7.59. The molecule has 1 atom stereocenters. The van der Waals surface area contributed by atoms with Crippen molar-refractivity contribution in [3.05, 3.63) is 0 Å². The van der Waals surface area contributed by atoms with Crippen molar-refractivity contribution in [2.45, 2.75) is 77.4 Å². The van der Waals surface area contributed by atoms with Crippen LogP contribution in [-0.2, 0) is 4.74 Å². The number of amides is 1. The first-order chi connectivity index (χ1) is 8.87. The van der Waals surface area contributed by atoms with Gasteiger partial charge in [-0.15, -0.1) is 0 Å². The van der Waals surface area contributed by atoms with E-state index in [1.807, 2.05) is 20.8 Å².